The SMILES string of the molecule is CC(C)NC1CCCN(CCC(=O)N(C)C)C1=O. The Hall–Kier alpha value is -1.10. The maximum absolute atomic E-state index is 12.2. The number of hydrogen-bond donors (Lipinski definition) is 1. The largest absolute Gasteiger partial charge is 0.349 e. The molecule has 1 aliphatic heterocycles. The van der Waals surface area contributed by atoms with Gasteiger partial charge in [-0.15, -0.1) is 0 Å². The first-order chi connectivity index (χ1) is 8.41. The standard InChI is InChI=1S/C13H25N3O2/c1-10(2)14-11-6-5-8-16(13(11)18)9-7-12(17)15(3)4/h10-11,14H,5-9H2,1-4H3. The van der Waals surface area contributed by atoms with Crippen molar-refractivity contribution in [2.75, 3.05) is 27.2 Å². The lowest BCUT2D eigenvalue weighted by Crippen LogP contribution is -2.52. The summed E-state index contributed by atoms with van der Waals surface area (Å²) >= 11 is 0. The van der Waals surface area contributed by atoms with Gasteiger partial charge in [0.05, 0.1) is 6.04 Å². The smallest absolute Gasteiger partial charge is 0.239 e. The molecule has 1 rings (SSSR count). The van der Waals surface area contributed by atoms with Gasteiger partial charge < -0.3 is 15.1 Å². The molecule has 0 aromatic rings. The van der Waals surface area contributed by atoms with Crippen molar-refractivity contribution in [1.82, 2.24) is 15.1 Å². The first-order valence-corrected chi connectivity index (χ1v) is 6.66. The van der Waals surface area contributed by atoms with Gasteiger partial charge in [-0.05, 0) is 12.8 Å². The Kier molecular flexibility index (Phi) is 5.59. The second-order valence-electron chi connectivity index (χ2n) is 5.38. The van der Waals surface area contributed by atoms with Gasteiger partial charge in [0.2, 0.25) is 11.8 Å². The number of carbonyl (C=O) groups is 2. The van der Waals surface area contributed by atoms with Gasteiger partial charge in [0.25, 0.3) is 0 Å². The van der Waals surface area contributed by atoms with Crippen LogP contribution in [0.2, 0.25) is 0 Å². The number of rotatable bonds is 5. The lowest BCUT2D eigenvalue weighted by atomic mass is 10.0. The van der Waals surface area contributed by atoms with Crippen molar-refractivity contribution in [2.45, 2.75) is 45.2 Å². The summed E-state index contributed by atoms with van der Waals surface area (Å²) in [6.45, 7) is 5.39. The van der Waals surface area contributed by atoms with Gasteiger partial charge >= 0.3 is 0 Å². The van der Waals surface area contributed by atoms with E-state index in [1.807, 2.05) is 18.7 Å². The molecule has 0 bridgehead atoms. The number of likely N-dealkylation sites (tertiary alicyclic amines) is 1. The quantitative estimate of drug-likeness (QED) is 0.776. The average Bonchev–Trinajstić information content (AvgIpc) is 2.29. The van der Waals surface area contributed by atoms with Crippen molar-refractivity contribution >= 4 is 11.8 Å². The molecule has 1 saturated heterocycles. The Bertz CT molecular complexity index is 303. The number of piperidine rings is 1. The average molecular weight is 255 g/mol. The number of hydrogen-bond acceptors (Lipinski definition) is 3. The third-order valence-electron chi connectivity index (χ3n) is 3.16. The molecule has 2 amide bonds. The summed E-state index contributed by atoms with van der Waals surface area (Å²) in [5, 5.41) is 3.29. The predicted octanol–water partition coefficient (Wildman–Crippen LogP) is 0.454. The molecule has 0 spiro atoms. The molecule has 5 nitrogen and oxygen atoms in total. The van der Waals surface area contributed by atoms with Crippen LogP contribution in [0.1, 0.15) is 33.1 Å². The second-order valence-corrected chi connectivity index (χ2v) is 5.38. The zero-order valence-corrected chi connectivity index (χ0v) is 11.9. The van der Waals surface area contributed by atoms with Gasteiger partial charge in [0, 0.05) is 39.6 Å². The Morgan fingerprint density at radius 3 is 2.72 bits per heavy atom. The third-order valence-corrected chi connectivity index (χ3v) is 3.16. The molecule has 0 aromatic carbocycles. The van der Waals surface area contributed by atoms with Crippen molar-refractivity contribution in [1.29, 1.82) is 0 Å². The molecule has 0 saturated carbocycles. The van der Waals surface area contributed by atoms with Crippen LogP contribution in [0.4, 0.5) is 0 Å². The van der Waals surface area contributed by atoms with Crippen LogP contribution in [0.5, 0.6) is 0 Å². The van der Waals surface area contributed by atoms with Crippen LogP contribution in [0.3, 0.4) is 0 Å². The van der Waals surface area contributed by atoms with Gasteiger partial charge in [-0.25, -0.2) is 0 Å². The fourth-order valence-corrected chi connectivity index (χ4v) is 2.17. The normalized spacial score (nSPS) is 20.4. The molecule has 1 N–H and O–H groups in total. The Morgan fingerprint density at radius 1 is 1.50 bits per heavy atom. The van der Waals surface area contributed by atoms with Crippen molar-refractivity contribution in [3.63, 3.8) is 0 Å². The van der Waals surface area contributed by atoms with Crippen LogP contribution in [0.25, 0.3) is 0 Å². The van der Waals surface area contributed by atoms with Crippen molar-refractivity contribution in [3.05, 3.63) is 0 Å². The molecule has 5 heteroatoms. The van der Waals surface area contributed by atoms with E-state index < -0.39 is 0 Å². The van der Waals surface area contributed by atoms with E-state index in [1.165, 1.54) is 0 Å². The first-order valence-electron chi connectivity index (χ1n) is 6.66. The van der Waals surface area contributed by atoms with Gasteiger partial charge in [0.15, 0.2) is 0 Å². The molecule has 1 aliphatic rings. The zero-order chi connectivity index (χ0) is 13.7. The van der Waals surface area contributed by atoms with Crippen molar-refractivity contribution < 1.29 is 9.59 Å². The summed E-state index contributed by atoms with van der Waals surface area (Å²) in [7, 11) is 3.48. The van der Waals surface area contributed by atoms with E-state index in [0.29, 0.717) is 19.0 Å². The lowest BCUT2D eigenvalue weighted by Gasteiger charge is -2.33. The molecule has 1 fully saturated rings. The Morgan fingerprint density at radius 2 is 2.17 bits per heavy atom. The third kappa shape index (κ3) is 4.29. The fourth-order valence-electron chi connectivity index (χ4n) is 2.17. The van der Waals surface area contributed by atoms with Crippen LogP contribution in [0, 0.1) is 0 Å². The summed E-state index contributed by atoms with van der Waals surface area (Å²) in [6, 6.07) is 0.232. The van der Waals surface area contributed by atoms with E-state index in [4.69, 9.17) is 0 Å². The van der Waals surface area contributed by atoms with E-state index in [9.17, 15) is 9.59 Å². The van der Waals surface area contributed by atoms with E-state index in [1.54, 1.807) is 19.0 Å². The van der Waals surface area contributed by atoms with E-state index >= 15 is 0 Å². The second kappa shape index (κ2) is 6.73. The molecule has 0 aliphatic carbocycles. The molecule has 0 radical (unpaired) electrons. The molecule has 0 aromatic heterocycles. The highest BCUT2D eigenvalue weighted by Gasteiger charge is 2.28. The van der Waals surface area contributed by atoms with Crippen molar-refractivity contribution in [2.24, 2.45) is 0 Å². The summed E-state index contributed by atoms with van der Waals surface area (Å²) in [5.41, 5.74) is 0. The maximum atomic E-state index is 12.2. The van der Waals surface area contributed by atoms with Gasteiger partial charge in [-0.1, -0.05) is 13.8 Å². The summed E-state index contributed by atoms with van der Waals surface area (Å²) < 4.78 is 0. The molecule has 1 atom stereocenters. The number of amides is 2. The topological polar surface area (TPSA) is 52.7 Å². The Labute approximate surface area is 110 Å². The van der Waals surface area contributed by atoms with E-state index in [-0.39, 0.29) is 17.9 Å². The molecular weight excluding hydrogens is 230 g/mol. The molecule has 18 heavy (non-hydrogen) atoms. The maximum Gasteiger partial charge on any atom is 0.239 e. The molecule has 104 valence electrons. The first kappa shape index (κ1) is 15.0. The van der Waals surface area contributed by atoms with Gasteiger partial charge in [-0.2, -0.15) is 0 Å². The zero-order valence-electron chi connectivity index (χ0n) is 11.9. The number of nitrogens with zero attached hydrogens (tertiary/aromatic N) is 2. The minimum atomic E-state index is -0.0757. The highest BCUT2D eigenvalue weighted by atomic mass is 16.2. The fraction of sp³-hybridized carbons (Fsp3) is 0.846. The summed E-state index contributed by atoms with van der Waals surface area (Å²) in [6.07, 6.45) is 2.31. The summed E-state index contributed by atoms with van der Waals surface area (Å²) in [5.74, 6) is 0.211. The van der Waals surface area contributed by atoms with E-state index in [0.717, 1.165) is 19.4 Å². The van der Waals surface area contributed by atoms with Gasteiger partial charge in [0.1, 0.15) is 0 Å². The predicted molar refractivity (Wildman–Crippen MR) is 71.2 cm³/mol. The van der Waals surface area contributed by atoms with Crippen LogP contribution in [0.15, 0.2) is 0 Å². The van der Waals surface area contributed by atoms with Crippen LogP contribution in [-0.4, -0.2) is 60.9 Å². The Balaban J connectivity index is 2.46. The minimum absolute atomic E-state index is 0.0711. The molecular formula is C13H25N3O2. The number of nitrogens with one attached hydrogen (secondary N) is 1. The van der Waals surface area contributed by atoms with Crippen LogP contribution in [-0.2, 0) is 9.59 Å². The molecule has 1 unspecified atom stereocenters. The number of carbonyl (C=O) groups excluding carboxylic acids is 2. The lowest BCUT2D eigenvalue weighted by molar-refractivity contribution is -0.137. The summed E-state index contributed by atoms with van der Waals surface area (Å²) in [4.78, 5) is 27.1. The van der Waals surface area contributed by atoms with Crippen LogP contribution >= 0.6 is 0 Å². The van der Waals surface area contributed by atoms with Crippen molar-refractivity contribution in [3.8, 4) is 0 Å². The highest BCUT2D eigenvalue weighted by Crippen LogP contribution is 2.13. The monoisotopic (exact) mass is 255 g/mol. The van der Waals surface area contributed by atoms with Gasteiger partial charge in [-0.3, -0.25) is 9.59 Å². The van der Waals surface area contributed by atoms with E-state index in [2.05, 4.69) is 5.32 Å². The van der Waals surface area contributed by atoms with Crippen LogP contribution < -0.4 is 5.32 Å². The molecule has 1 heterocycles. The highest BCUT2D eigenvalue weighted by molar-refractivity contribution is 5.83. The minimum Gasteiger partial charge on any atom is -0.349 e.